The first-order valence-corrected chi connectivity index (χ1v) is 5.73. The van der Waals surface area contributed by atoms with Crippen LogP contribution in [0.15, 0.2) is 30.4 Å². The number of alkyl halides is 3. The Morgan fingerprint density at radius 1 is 1.22 bits per heavy atom. The Kier molecular flexibility index (Phi) is 3.61. The Balaban J connectivity index is 2.42. The van der Waals surface area contributed by atoms with Crippen LogP contribution in [0.3, 0.4) is 0 Å². The fourth-order valence-corrected chi connectivity index (χ4v) is 2.04. The van der Waals surface area contributed by atoms with Gasteiger partial charge >= 0.3 is 6.18 Å². The molecule has 0 saturated heterocycles. The molecule has 0 unspecified atom stereocenters. The van der Waals surface area contributed by atoms with Gasteiger partial charge in [-0.15, -0.1) is 0 Å². The van der Waals surface area contributed by atoms with E-state index in [9.17, 15) is 13.2 Å². The highest BCUT2D eigenvalue weighted by molar-refractivity contribution is 5.57. The molecule has 1 N–H and O–H groups in total. The maximum Gasteiger partial charge on any atom is 0.418 e. The van der Waals surface area contributed by atoms with E-state index in [1.54, 1.807) is 4.90 Å². The molecule has 98 valence electrons. The first kappa shape index (κ1) is 13.0. The van der Waals surface area contributed by atoms with E-state index in [2.05, 4.69) is 0 Å². The Morgan fingerprint density at radius 2 is 2.00 bits per heavy atom. The lowest BCUT2D eigenvalue weighted by molar-refractivity contribution is -0.137. The van der Waals surface area contributed by atoms with Crippen LogP contribution >= 0.6 is 0 Å². The fraction of sp³-hybridized carbons (Fsp3) is 0.385. The maximum atomic E-state index is 13.0. The molecule has 0 atom stereocenters. The Bertz CT molecular complexity index is 454. The van der Waals surface area contributed by atoms with Crippen LogP contribution in [0.2, 0.25) is 0 Å². The second kappa shape index (κ2) is 5.02. The van der Waals surface area contributed by atoms with Gasteiger partial charge in [0.2, 0.25) is 0 Å². The monoisotopic (exact) mass is 257 g/mol. The van der Waals surface area contributed by atoms with Gasteiger partial charge in [0.05, 0.1) is 12.2 Å². The molecule has 1 aliphatic rings. The van der Waals surface area contributed by atoms with Crippen LogP contribution in [0.1, 0.15) is 17.5 Å². The number of hydrogen-bond donors (Lipinski definition) is 1. The molecular formula is C13H14F3NO. The SMILES string of the molecule is OCc1ccc(N2CC=CCC2)c(C(F)(F)F)c1. The van der Waals surface area contributed by atoms with Crippen molar-refractivity contribution in [2.24, 2.45) is 0 Å². The molecule has 0 spiro atoms. The van der Waals surface area contributed by atoms with Crippen LogP contribution in [-0.4, -0.2) is 18.2 Å². The highest BCUT2D eigenvalue weighted by Crippen LogP contribution is 2.37. The van der Waals surface area contributed by atoms with Gasteiger partial charge in [-0.3, -0.25) is 0 Å². The maximum absolute atomic E-state index is 13.0. The Hall–Kier alpha value is -1.49. The van der Waals surface area contributed by atoms with Crippen LogP contribution < -0.4 is 4.90 Å². The molecule has 1 aliphatic heterocycles. The zero-order valence-electron chi connectivity index (χ0n) is 9.74. The van der Waals surface area contributed by atoms with Crippen molar-refractivity contribution in [1.82, 2.24) is 0 Å². The number of halogens is 3. The average molecular weight is 257 g/mol. The zero-order valence-corrected chi connectivity index (χ0v) is 9.74. The third kappa shape index (κ3) is 2.67. The Labute approximate surface area is 103 Å². The molecule has 1 aromatic rings. The van der Waals surface area contributed by atoms with Crippen molar-refractivity contribution in [3.05, 3.63) is 41.5 Å². The molecule has 0 aliphatic carbocycles. The van der Waals surface area contributed by atoms with Gasteiger partial charge in [-0.2, -0.15) is 13.2 Å². The van der Waals surface area contributed by atoms with Crippen LogP contribution in [-0.2, 0) is 12.8 Å². The average Bonchev–Trinajstić information content (AvgIpc) is 2.38. The molecule has 1 heterocycles. The minimum absolute atomic E-state index is 0.184. The molecular weight excluding hydrogens is 243 g/mol. The number of anilines is 1. The minimum Gasteiger partial charge on any atom is -0.392 e. The van der Waals surface area contributed by atoms with Crippen molar-refractivity contribution in [1.29, 1.82) is 0 Å². The van der Waals surface area contributed by atoms with Crippen LogP contribution in [0, 0.1) is 0 Å². The van der Waals surface area contributed by atoms with Crippen molar-refractivity contribution < 1.29 is 18.3 Å². The first-order valence-electron chi connectivity index (χ1n) is 5.73. The van der Waals surface area contributed by atoms with E-state index in [1.165, 1.54) is 12.1 Å². The standard InChI is InChI=1S/C13H14F3NO/c14-13(15,16)11-8-10(9-18)4-5-12(11)17-6-2-1-3-7-17/h1-2,4-5,8,18H,3,6-7,9H2. The fourth-order valence-electron chi connectivity index (χ4n) is 2.04. The van der Waals surface area contributed by atoms with Gasteiger partial charge in [0.25, 0.3) is 0 Å². The normalized spacial score (nSPS) is 16.1. The predicted octanol–water partition coefficient (Wildman–Crippen LogP) is 2.96. The third-order valence-electron chi connectivity index (χ3n) is 2.95. The topological polar surface area (TPSA) is 23.5 Å². The van der Waals surface area contributed by atoms with Crippen molar-refractivity contribution in [3.8, 4) is 0 Å². The lowest BCUT2D eigenvalue weighted by atomic mass is 10.1. The van der Waals surface area contributed by atoms with Gasteiger partial charge in [-0.1, -0.05) is 18.2 Å². The van der Waals surface area contributed by atoms with Crippen LogP contribution in [0.4, 0.5) is 18.9 Å². The summed E-state index contributed by atoms with van der Waals surface area (Å²) in [5.41, 5.74) is -0.216. The number of hydrogen-bond acceptors (Lipinski definition) is 2. The molecule has 2 rings (SSSR count). The lowest BCUT2D eigenvalue weighted by Gasteiger charge is -2.28. The lowest BCUT2D eigenvalue weighted by Crippen LogP contribution is -2.29. The second-order valence-electron chi connectivity index (χ2n) is 4.21. The highest BCUT2D eigenvalue weighted by Gasteiger charge is 2.35. The van der Waals surface area contributed by atoms with Crippen molar-refractivity contribution >= 4 is 5.69 Å². The van der Waals surface area contributed by atoms with Crippen LogP contribution in [0.25, 0.3) is 0 Å². The highest BCUT2D eigenvalue weighted by atomic mass is 19.4. The molecule has 0 radical (unpaired) electrons. The quantitative estimate of drug-likeness (QED) is 0.823. The summed E-state index contributed by atoms with van der Waals surface area (Å²) in [6.07, 6.45) is 0.177. The van der Waals surface area contributed by atoms with E-state index in [-0.39, 0.29) is 17.9 Å². The zero-order chi connectivity index (χ0) is 13.2. The molecule has 0 amide bonds. The first-order chi connectivity index (χ1) is 8.52. The van der Waals surface area contributed by atoms with E-state index in [4.69, 9.17) is 5.11 Å². The van der Waals surface area contributed by atoms with Gasteiger partial charge in [0, 0.05) is 18.8 Å². The molecule has 5 heteroatoms. The minimum atomic E-state index is -4.40. The molecule has 0 bridgehead atoms. The van der Waals surface area contributed by atoms with Crippen LogP contribution in [0.5, 0.6) is 0 Å². The summed E-state index contributed by atoms with van der Waals surface area (Å²) in [4.78, 5) is 1.70. The molecule has 0 saturated carbocycles. The van der Waals surface area contributed by atoms with E-state index < -0.39 is 11.7 Å². The number of aliphatic hydroxyl groups is 1. The summed E-state index contributed by atoms with van der Waals surface area (Å²) < 4.78 is 39.0. The summed E-state index contributed by atoms with van der Waals surface area (Å²) in [5, 5.41) is 8.94. The number of rotatable bonds is 2. The number of aliphatic hydroxyl groups excluding tert-OH is 1. The van der Waals surface area contributed by atoms with Gasteiger partial charge in [0.1, 0.15) is 0 Å². The summed E-state index contributed by atoms with van der Waals surface area (Å²) >= 11 is 0. The number of nitrogens with zero attached hydrogens (tertiary/aromatic N) is 1. The summed E-state index contributed by atoms with van der Waals surface area (Å²) in [7, 11) is 0. The van der Waals surface area contributed by atoms with Gasteiger partial charge < -0.3 is 10.0 Å². The van der Waals surface area contributed by atoms with E-state index in [1.807, 2.05) is 12.2 Å². The van der Waals surface area contributed by atoms with Crippen molar-refractivity contribution in [2.45, 2.75) is 19.2 Å². The number of benzene rings is 1. The molecule has 2 nitrogen and oxygen atoms in total. The second-order valence-corrected chi connectivity index (χ2v) is 4.21. The molecule has 0 fully saturated rings. The van der Waals surface area contributed by atoms with Gasteiger partial charge in [0.15, 0.2) is 0 Å². The Morgan fingerprint density at radius 3 is 2.56 bits per heavy atom. The van der Waals surface area contributed by atoms with Gasteiger partial charge in [-0.25, -0.2) is 0 Å². The van der Waals surface area contributed by atoms with Crippen molar-refractivity contribution in [2.75, 3.05) is 18.0 Å². The van der Waals surface area contributed by atoms with E-state index in [0.717, 1.165) is 12.5 Å². The molecule has 18 heavy (non-hydrogen) atoms. The summed E-state index contributed by atoms with van der Waals surface area (Å²) in [6, 6.07) is 3.99. The largest absolute Gasteiger partial charge is 0.418 e. The van der Waals surface area contributed by atoms with Gasteiger partial charge in [-0.05, 0) is 24.1 Å². The molecule has 0 aromatic heterocycles. The smallest absolute Gasteiger partial charge is 0.392 e. The van der Waals surface area contributed by atoms with E-state index in [0.29, 0.717) is 13.1 Å². The third-order valence-corrected chi connectivity index (χ3v) is 2.95. The molecule has 1 aromatic carbocycles. The predicted molar refractivity (Wildman–Crippen MR) is 63.3 cm³/mol. The summed E-state index contributed by atoms with van der Waals surface area (Å²) in [6.45, 7) is 0.683. The van der Waals surface area contributed by atoms with Crippen molar-refractivity contribution in [3.63, 3.8) is 0 Å². The summed E-state index contributed by atoms with van der Waals surface area (Å²) in [5.74, 6) is 0. The van der Waals surface area contributed by atoms with E-state index >= 15 is 0 Å².